The van der Waals surface area contributed by atoms with Crippen LogP contribution in [0.3, 0.4) is 0 Å². The summed E-state index contributed by atoms with van der Waals surface area (Å²) in [6.45, 7) is 11.8. The van der Waals surface area contributed by atoms with Crippen LogP contribution >= 0.6 is 0 Å². The van der Waals surface area contributed by atoms with Crippen LogP contribution in [0.15, 0.2) is 47.7 Å². The summed E-state index contributed by atoms with van der Waals surface area (Å²) in [5, 5.41) is 35.1. The summed E-state index contributed by atoms with van der Waals surface area (Å²) in [7, 11) is 0. The third kappa shape index (κ3) is 11.7. The zero-order valence-electron chi connectivity index (χ0n) is 34.2. The number of phenols is 1. The van der Waals surface area contributed by atoms with Crippen LogP contribution in [-0.2, 0) is 14.3 Å². The van der Waals surface area contributed by atoms with Gasteiger partial charge in [0.25, 0.3) is 0 Å². The highest BCUT2D eigenvalue weighted by Crippen LogP contribution is 2.61. The fourth-order valence-electron chi connectivity index (χ4n) is 9.25. The van der Waals surface area contributed by atoms with Crippen molar-refractivity contribution >= 4 is 11.8 Å². The Morgan fingerprint density at radius 2 is 1.64 bits per heavy atom. The van der Waals surface area contributed by atoms with Crippen molar-refractivity contribution in [2.45, 2.75) is 154 Å². The van der Waals surface area contributed by atoms with Crippen molar-refractivity contribution in [2.24, 2.45) is 22.9 Å². The number of aromatic hydroxyl groups is 1. The van der Waals surface area contributed by atoms with E-state index >= 15 is 0 Å². The number of carbonyl (C=O) groups is 1. The van der Waals surface area contributed by atoms with Gasteiger partial charge in [0.2, 0.25) is 5.79 Å². The minimum absolute atomic E-state index is 0.102. The van der Waals surface area contributed by atoms with Gasteiger partial charge in [-0.3, -0.25) is 4.90 Å². The fraction of sp³-hybridized carbons (Fsp3) is 0.733. The number of carbonyl (C=O) groups excluding carboxylic acids is 1. The quantitative estimate of drug-likeness (QED) is 0.0458. The van der Waals surface area contributed by atoms with E-state index in [1.165, 1.54) is 44.9 Å². The summed E-state index contributed by atoms with van der Waals surface area (Å²) >= 11 is 0. The van der Waals surface area contributed by atoms with E-state index < -0.39 is 17.7 Å². The van der Waals surface area contributed by atoms with E-state index in [9.17, 15) is 20.1 Å². The molecule has 3 aliphatic rings. The molecule has 0 bridgehead atoms. The molecule has 1 saturated carbocycles. The van der Waals surface area contributed by atoms with E-state index in [1.807, 2.05) is 19.1 Å². The Morgan fingerprint density at radius 1 is 0.945 bits per heavy atom. The maximum absolute atomic E-state index is 14.3. The van der Waals surface area contributed by atoms with E-state index in [4.69, 9.17) is 24.2 Å². The molecule has 0 spiro atoms. The van der Waals surface area contributed by atoms with Crippen LogP contribution in [-0.4, -0.2) is 83.4 Å². The molecule has 10 nitrogen and oxygen atoms in total. The molecule has 0 radical (unpaired) electrons. The molecule has 0 unspecified atom stereocenters. The molecule has 2 aliphatic carbocycles. The smallest absolute Gasteiger partial charge is 0.410 e. The molecule has 0 aromatic heterocycles. The van der Waals surface area contributed by atoms with Crippen molar-refractivity contribution in [3.05, 3.63) is 48.1 Å². The highest BCUT2D eigenvalue weighted by atomic mass is 16.7. The molecule has 6 atom stereocenters. The number of aliphatic hydroxyl groups is 2. The lowest BCUT2D eigenvalue weighted by Gasteiger charge is -2.59. The van der Waals surface area contributed by atoms with Crippen molar-refractivity contribution in [1.82, 2.24) is 4.90 Å². The molecular weight excluding hydrogens is 697 g/mol. The lowest BCUT2D eigenvalue weighted by Crippen LogP contribution is -2.70. The van der Waals surface area contributed by atoms with Gasteiger partial charge in [0, 0.05) is 37.7 Å². The molecule has 1 aliphatic heterocycles. The number of allylic oxidation sites excluding steroid dienone is 1. The van der Waals surface area contributed by atoms with Gasteiger partial charge in [-0.05, 0) is 81.1 Å². The van der Waals surface area contributed by atoms with Crippen LogP contribution in [0.5, 0.6) is 11.5 Å². The lowest BCUT2D eigenvalue weighted by molar-refractivity contribution is -0.255. The molecule has 1 aromatic carbocycles. The zero-order chi connectivity index (χ0) is 39.5. The summed E-state index contributed by atoms with van der Waals surface area (Å²) in [5.41, 5.74) is 2.64. The maximum Gasteiger partial charge on any atom is 0.410 e. The number of fused-ring (bicyclic) bond motifs is 2. The van der Waals surface area contributed by atoms with E-state index in [-0.39, 0.29) is 49.4 Å². The van der Waals surface area contributed by atoms with Crippen molar-refractivity contribution in [2.75, 3.05) is 39.6 Å². The van der Waals surface area contributed by atoms with Gasteiger partial charge in [-0.25, -0.2) is 4.79 Å². The second-order valence-electron chi connectivity index (χ2n) is 15.7. The van der Waals surface area contributed by atoms with E-state index in [1.54, 1.807) is 17.0 Å². The molecular formula is C45H72N2O8. The van der Waals surface area contributed by atoms with E-state index in [2.05, 4.69) is 26.5 Å². The third-order valence-corrected chi connectivity index (χ3v) is 11.8. The summed E-state index contributed by atoms with van der Waals surface area (Å²) in [6.07, 6.45) is 21.5. The molecule has 4 rings (SSSR count). The molecule has 10 heteroatoms. The highest BCUT2D eigenvalue weighted by molar-refractivity contribution is 6.02. The topological polar surface area (TPSA) is 130 Å². The first kappa shape index (κ1) is 44.6. The predicted octanol–water partition coefficient (Wildman–Crippen LogP) is 9.82. The zero-order valence-corrected chi connectivity index (χ0v) is 34.2. The summed E-state index contributed by atoms with van der Waals surface area (Å²) in [4.78, 5) is 21.9. The number of hydrogen-bond acceptors (Lipinski definition) is 9. The Kier molecular flexibility index (Phi) is 19.4. The number of hydrogen-bond donors (Lipinski definition) is 3. The van der Waals surface area contributed by atoms with Gasteiger partial charge in [-0.2, -0.15) is 0 Å². The second kappa shape index (κ2) is 23.9. The third-order valence-electron chi connectivity index (χ3n) is 11.8. The fourth-order valence-corrected chi connectivity index (χ4v) is 9.25. The molecule has 3 N–H and O–H groups in total. The highest BCUT2D eigenvalue weighted by Gasteiger charge is 2.65. The number of benzene rings is 1. The summed E-state index contributed by atoms with van der Waals surface area (Å²) in [6, 6.07) is 4.67. The Hall–Kier alpha value is -3.08. The van der Waals surface area contributed by atoms with Crippen molar-refractivity contribution in [1.29, 1.82) is 0 Å². The minimum atomic E-state index is -1.32. The predicted molar refractivity (Wildman–Crippen MR) is 218 cm³/mol. The van der Waals surface area contributed by atoms with Crippen LogP contribution in [0.4, 0.5) is 4.79 Å². The van der Waals surface area contributed by atoms with Crippen molar-refractivity contribution in [3.63, 3.8) is 0 Å². The molecule has 1 aromatic rings. The summed E-state index contributed by atoms with van der Waals surface area (Å²) in [5.74, 6) is -0.880. The monoisotopic (exact) mass is 769 g/mol. The lowest BCUT2D eigenvalue weighted by atomic mass is 9.55. The minimum Gasteiger partial charge on any atom is -0.508 e. The van der Waals surface area contributed by atoms with Crippen molar-refractivity contribution < 1.29 is 39.2 Å². The first-order valence-corrected chi connectivity index (χ1v) is 21.7. The van der Waals surface area contributed by atoms with Gasteiger partial charge in [0.1, 0.15) is 24.1 Å². The maximum atomic E-state index is 14.3. The molecule has 0 saturated heterocycles. The number of unbranched alkanes of at least 4 members (excludes halogenated alkanes) is 11. The van der Waals surface area contributed by atoms with Crippen LogP contribution in [0, 0.1) is 17.8 Å². The van der Waals surface area contributed by atoms with Crippen LogP contribution in [0.2, 0.25) is 0 Å². The van der Waals surface area contributed by atoms with Gasteiger partial charge in [-0.1, -0.05) is 102 Å². The number of ether oxygens (including phenoxy) is 3. The first-order valence-electron chi connectivity index (χ1n) is 21.7. The Bertz CT molecular complexity index is 1370. The SMILES string of the molecule is C=CCO[C@@]12Oc3ccc(O)cc3[C@H]3[C@H](CCCCO)[C@@H](CCCCO)C=C(C(=NOCC)C[C@@H]1N(CCC)C(=O)OCCCCCCCCCCCC)[C@H]32. The van der Waals surface area contributed by atoms with Crippen LogP contribution in [0.1, 0.15) is 148 Å². The van der Waals surface area contributed by atoms with E-state index in [0.29, 0.717) is 51.2 Å². The van der Waals surface area contributed by atoms with Gasteiger partial charge < -0.3 is 34.4 Å². The standard InChI is InChI=1S/C45H72N2O8/c1-5-9-10-11-12-13-14-15-16-21-30-52-44(51)47(26-6-2)41-33-39(46-54-8-4)37-31-34(22-17-19-27-48)36(23-18-20-28-49)42-38-32-35(50)24-25-40(38)55-45(41,43(37)42)53-29-7-3/h7,24-25,31-32,34,36,41-43,48-50H,3,5-6,8-23,26-30,33H2,1-2,4H3/t34-,36+,41-,42+,43+,45+/m0/s1. The molecule has 1 amide bonds. The Morgan fingerprint density at radius 3 is 2.29 bits per heavy atom. The van der Waals surface area contributed by atoms with Crippen molar-refractivity contribution in [3.8, 4) is 11.5 Å². The largest absolute Gasteiger partial charge is 0.508 e. The number of phenolic OH excluding ortho intramolecular Hbond substituents is 1. The van der Waals surface area contributed by atoms with Gasteiger partial charge in [-0.15, -0.1) is 6.58 Å². The molecule has 1 heterocycles. The second-order valence-corrected chi connectivity index (χ2v) is 15.7. The Labute approximate surface area is 331 Å². The normalized spacial score (nSPS) is 24.7. The van der Waals surface area contributed by atoms with Crippen LogP contribution in [0.25, 0.3) is 0 Å². The number of aliphatic hydroxyl groups excluding tert-OH is 2. The number of amides is 1. The number of nitrogens with zero attached hydrogens (tertiary/aromatic N) is 2. The van der Waals surface area contributed by atoms with Gasteiger partial charge in [0.05, 0.1) is 24.8 Å². The number of oxime groups is 1. The molecule has 310 valence electrons. The number of rotatable bonds is 27. The average molecular weight is 769 g/mol. The van der Waals surface area contributed by atoms with Gasteiger partial charge >= 0.3 is 6.09 Å². The average Bonchev–Trinajstić information content (AvgIpc) is 3.19. The first-order chi connectivity index (χ1) is 26.9. The Balaban J connectivity index is 1.72. The summed E-state index contributed by atoms with van der Waals surface area (Å²) < 4.78 is 20.1. The van der Waals surface area contributed by atoms with Crippen LogP contribution < -0.4 is 4.74 Å². The molecule has 55 heavy (non-hydrogen) atoms. The van der Waals surface area contributed by atoms with E-state index in [0.717, 1.165) is 61.8 Å². The van der Waals surface area contributed by atoms with Gasteiger partial charge in [0.15, 0.2) is 0 Å². The molecule has 1 fully saturated rings.